The summed E-state index contributed by atoms with van der Waals surface area (Å²) in [6.07, 6.45) is 7.03. The monoisotopic (exact) mass is 428 g/mol. The SMILES string of the molecule is COc1ccc(Cn2ccc(Cc3ccc(C#Cc4ccccc4)c4cccnc34)c2)cc1. The topological polar surface area (TPSA) is 27.1 Å². The number of hydrogen-bond acceptors (Lipinski definition) is 2. The van der Waals surface area contributed by atoms with Gasteiger partial charge in [0.05, 0.1) is 12.6 Å². The van der Waals surface area contributed by atoms with Crippen LogP contribution in [0.3, 0.4) is 0 Å². The Balaban J connectivity index is 1.38. The third-order valence-corrected chi connectivity index (χ3v) is 5.70. The molecule has 3 nitrogen and oxygen atoms in total. The van der Waals surface area contributed by atoms with E-state index in [0.29, 0.717) is 0 Å². The zero-order chi connectivity index (χ0) is 22.5. The van der Waals surface area contributed by atoms with Gasteiger partial charge >= 0.3 is 0 Å². The van der Waals surface area contributed by atoms with Crippen molar-refractivity contribution in [2.75, 3.05) is 7.11 Å². The quantitative estimate of drug-likeness (QED) is 0.317. The molecule has 0 atom stereocenters. The third kappa shape index (κ3) is 4.81. The van der Waals surface area contributed by atoms with E-state index in [1.165, 1.54) is 16.7 Å². The average molecular weight is 429 g/mol. The Morgan fingerprint density at radius 3 is 2.48 bits per heavy atom. The lowest BCUT2D eigenvalue weighted by atomic mass is 10.00. The fourth-order valence-corrected chi connectivity index (χ4v) is 4.00. The molecule has 33 heavy (non-hydrogen) atoms. The second-order valence-electron chi connectivity index (χ2n) is 8.00. The molecule has 5 rings (SSSR count). The van der Waals surface area contributed by atoms with Crippen molar-refractivity contribution in [2.24, 2.45) is 0 Å². The molecule has 0 fully saturated rings. The predicted octanol–water partition coefficient (Wildman–Crippen LogP) is 6.08. The Hall–Kier alpha value is -4.29. The van der Waals surface area contributed by atoms with Crippen molar-refractivity contribution in [2.45, 2.75) is 13.0 Å². The van der Waals surface area contributed by atoms with Gasteiger partial charge in [-0.05, 0) is 59.2 Å². The molecule has 0 aliphatic rings. The molecule has 5 aromatic rings. The number of nitrogens with zero attached hydrogens (tertiary/aromatic N) is 2. The maximum absolute atomic E-state index is 5.25. The number of aromatic nitrogens is 2. The van der Waals surface area contributed by atoms with E-state index in [4.69, 9.17) is 9.72 Å². The first kappa shape index (κ1) is 20.6. The summed E-state index contributed by atoms with van der Waals surface area (Å²) in [6.45, 7) is 0.830. The van der Waals surface area contributed by atoms with Crippen molar-refractivity contribution in [1.29, 1.82) is 0 Å². The van der Waals surface area contributed by atoms with Crippen LogP contribution < -0.4 is 4.74 Å². The lowest BCUT2D eigenvalue weighted by Crippen LogP contribution is -1.97. The Morgan fingerprint density at radius 1 is 0.818 bits per heavy atom. The predicted molar refractivity (Wildman–Crippen MR) is 133 cm³/mol. The van der Waals surface area contributed by atoms with Crippen LogP contribution in [0.4, 0.5) is 0 Å². The highest BCUT2D eigenvalue weighted by Gasteiger charge is 2.08. The number of rotatable bonds is 5. The Labute approximate surface area is 194 Å². The fourth-order valence-electron chi connectivity index (χ4n) is 4.00. The summed E-state index contributed by atoms with van der Waals surface area (Å²) in [5.74, 6) is 7.48. The van der Waals surface area contributed by atoms with Gasteiger partial charge in [0.2, 0.25) is 0 Å². The van der Waals surface area contributed by atoms with Gasteiger partial charge in [-0.15, -0.1) is 0 Å². The molecule has 3 aromatic carbocycles. The number of hydrogen-bond donors (Lipinski definition) is 0. The second kappa shape index (κ2) is 9.46. The zero-order valence-corrected chi connectivity index (χ0v) is 18.5. The Bertz CT molecular complexity index is 1440. The van der Waals surface area contributed by atoms with E-state index in [1.54, 1.807) is 7.11 Å². The summed E-state index contributed by atoms with van der Waals surface area (Å²) < 4.78 is 7.46. The summed E-state index contributed by atoms with van der Waals surface area (Å²) in [4.78, 5) is 4.70. The van der Waals surface area contributed by atoms with E-state index >= 15 is 0 Å². The van der Waals surface area contributed by atoms with E-state index in [2.05, 4.69) is 65.2 Å². The van der Waals surface area contributed by atoms with Gasteiger partial charge in [-0.3, -0.25) is 4.98 Å². The van der Waals surface area contributed by atoms with E-state index < -0.39 is 0 Å². The second-order valence-corrected chi connectivity index (χ2v) is 8.00. The summed E-state index contributed by atoms with van der Waals surface area (Å²) in [7, 11) is 1.69. The minimum absolute atomic E-state index is 0.829. The Morgan fingerprint density at radius 2 is 1.67 bits per heavy atom. The summed E-state index contributed by atoms with van der Waals surface area (Å²) in [5, 5.41) is 1.09. The Kier molecular flexibility index (Phi) is 5.91. The molecule has 3 heteroatoms. The van der Waals surface area contributed by atoms with Gasteiger partial charge in [0.15, 0.2) is 0 Å². The van der Waals surface area contributed by atoms with Crippen molar-refractivity contribution >= 4 is 10.9 Å². The first-order chi connectivity index (χ1) is 16.3. The summed E-state index contributed by atoms with van der Waals surface area (Å²) in [5.41, 5.74) is 6.74. The lowest BCUT2D eigenvalue weighted by molar-refractivity contribution is 0.414. The van der Waals surface area contributed by atoms with Gasteiger partial charge < -0.3 is 9.30 Å². The average Bonchev–Trinajstić information content (AvgIpc) is 3.31. The van der Waals surface area contributed by atoms with Crippen LogP contribution in [-0.4, -0.2) is 16.7 Å². The van der Waals surface area contributed by atoms with E-state index in [1.807, 2.05) is 54.7 Å². The minimum atomic E-state index is 0.829. The highest BCUT2D eigenvalue weighted by atomic mass is 16.5. The smallest absolute Gasteiger partial charge is 0.118 e. The molecule has 0 saturated heterocycles. The zero-order valence-electron chi connectivity index (χ0n) is 18.5. The highest BCUT2D eigenvalue weighted by Crippen LogP contribution is 2.23. The van der Waals surface area contributed by atoms with Crippen LogP contribution in [0, 0.1) is 11.8 Å². The van der Waals surface area contributed by atoms with E-state index in [9.17, 15) is 0 Å². The maximum Gasteiger partial charge on any atom is 0.118 e. The lowest BCUT2D eigenvalue weighted by Gasteiger charge is -2.07. The van der Waals surface area contributed by atoms with Crippen molar-refractivity contribution in [3.05, 3.63) is 131 Å². The van der Waals surface area contributed by atoms with Gasteiger partial charge in [-0.2, -0.15) is 0 Å². The number of ether oxygens (including phenoxy) is 1. The van der Waals surface area contributed by atoms with Gasteiger partial charge in [0, 0.05) is 48.1 Å². The molecule has 0 bridgehead atoms. The molecular weight excluding hydrogens is 404 g/mol. The van der Waals surface area contributed by atoms with Crippen LogP contribution >= 0.6 is 0 Å². The summed E-state index contributed by atoms with van der Waals surface area (Å²) >= 11 is 0. The number of methoxy groups -OCH3 is 1. The molecule has 0 aliphatic heterocycles. The first-order valence-corrected chi connectivity index (χ1v) is 11.0. The standard InChI is InChI=1S/C30H24N2O/c1-33-28-15-10-24(11-16-28)21-32-19-17-25(22-32)20-27-14-13-26(29-8-5-18-31-30(27)29)12-9-23-6-3-2-4-7-23/h2-8,10-11,13-19,22H,20-21H2,1H3. The van der Waals surface area contributed by atoms with Gasteiger partial charge in [-0.25, -0.2) is 0 Å². The van der Waals surface area contributed by atoms with E-state index in [0.717, 1.165) is 40.7 Å². The fraction of sp³-hybridized carbons (Fsp3) is 0.100. The minimum Gasteiger partial charge on any atom is -0.497 e. The van der Waals surface area contributed by atoms with E-state index in [-0.39, 0.29) is 0 Å². The third-order valence-electron chi connectivity index (χ3n) is 5.70. The van der Waals surface area contributed by atoms with Gasteiger partial charge in [-0.1, -0.05) is 54.3 Å². The van der Waals surface area contributed by atoms with Gasteiger partial charge in [0.25, 0.3) is 0 Å². The molecule has 0 radical (unpaired) electrons. The van der Waals surface area contributed by atoms with Crippen LogP contribution in [0.25, 0.3) is 10.9 Å². The molecule has 160 valence electrons. The van der Waals surface area contributed by atoms with Crippen molar-refractivity contribution in [1.82, 2.24) is 9.55 Å². The molecule has 0 saturated carbocycles. The van der Waals surface area contributed by atoms with Crippen LogP contribution in [-0.2, 0) is 13.0 Å². The molecular formula is C30H24N2O. The molecule has 0 amide bonds. The van der Waals surface area contributed by atoms with Crippen molar-refractivity contribution < 1.29 is 4.74 Å². The molecule has 0 unspecified atom stereocenters. The molecule has 0 spiro atoms. The normalized spacial score (nSPS) is 10.6. The van der Waals surface area contributed by atoms with Crippen molar-refractivity contribution in [3.8, 4) is 17.6 Å². The van der Waals surface area contributed by atoms with Crippen LogP contribution in [0.1, 0.15) is 27.8 Å². The van der Waals surface area contributed by atoms with Crippen LogP contribution in [0.2, 0.25) is 0 Å². The largest absolute Gasteiger partial charge is 0.497 e. The first-order valence-electron chi connectivity index (χ1n) is 11.0. The molecule has 2 aromatic heterocycles. The van der Waals surface area contributed by atoms with Gasteiger partial charge in [0.1, 0.15) is 5.75 Å². The van der Waals surface area contributed by atoms with Crippen molar-refractivity contribution in [3.63, 3.8) is 0 Å². The van der Waals surface area contributed by atoms with Crippen LogP contribution in [0.15, 0.2) is 104 Å². The molecule has 2 heterocycles. The maximum atomic E-state index is 5.25. The number of fused-ring (bicyclic) bond motifs is 1. The number of pyridine rings is 1. The van der Waals surface area contributed by atoms with Crippen LogP contribution in [0.5, 0.6) is 5.75 Å². The number of benzene rings is 3. The molecule has 0 aliphatic carbocycles. The summed E-state index contributed by atoms with van der Waals surface area (Å²) in [6, 6.07) is 28.8. The highest BCUT2D eigenvalue weighted by molar-refractivity contribution is 5.88. The molecule has 0 N–H and O–H groups in total.